The van der Waals surface area contributed by atoms with Gasteiger partial charge in [0, 0.05) is 11.6 Å². The summed E-state index contributed by atoms with van der Waals surface area (Å²) in [7, 11) is 0. The highest BCUT2D eigenvalue weighted by atomic mass is 19.4. The standard InChI is InChI=1S/C9H10F3NO/c1-5(13)7-3-2-6(4-8(7)14)9(10,11)12/h2-5,14H,13H2,1H3/t5-/m0/s1. The van der Waals surface area contributed by atoms with Crippen molar-refractivity contribution in [2.45, 2.75) is 19.1 Å². The smallest absolute Gasteiger partial charge is 0.416 e. The van der Waals surface area contributed by atoms with Crippen molar-refractivity contribution >= 4 is 0 Å². The zero-order valence-corrected chi connectivity index (χ0v) is 7.47. The summed E-state index contributed by atoms with van der Waals surface area (Å²) in [5, 5.41) is 9.25. The summed E-state index contributed by atoms with van der Waals surface area (Å²) in [5.41, 5.74) is 4.86. The molecule has 0 heterocycles. The van der Waals surface area contributed by atoms with E-state index < -0.39 is 23.5 Å². The van der Waals surface area contributed by atoms with Crippen LogP contribution < -0.4 is 5.73 Å². The first-order valence-electron chi connectivity index (χ1n) is 3.98. The summed E-state index contributed by atoms with van der Waals surface area (Å²) in [6.45, 7) is 1.59. The van der Waals surface area contributed by atoms with Gasteiger partial charge < -0.3 is 10.8 Å². The van der Waals surface area contributed by atoms with E-state index in [9.17, 15) is 18.3 Å². The maximum atomic E-state index is 12.2. The van der Waals surface area contributed by atoms with Crippen molar-refractivity contribution in [2.75, 3.05) is 0 Å². The first-order chi connectivity index (χ1) is 6.32. The van der Waals surface area contributed by atoms with E-state index in [1.807, 2.05) is 0 Å². The van der Waals surface area contributed by atoms with Crippen LogP contribution in [0.2, 0.25) is 0 Å². The molecule has 2 nitrogen and oxygen atoms in total. The predicted octanol–water partition coefficient (Wildman–Crippen LogP) is 2.43. The summed E-state index contributed by atoms with van der Waals surface area (Å²) < 4.78 is 36.5. The SMILES string of the molecule is C[C@H](N)c1ccc(C(F)(F)F)cc1O. The fraction of sp³-hybridized carbons (Fsp3) is 0.333. The van der Waals surface area contributed by atoms with Gasteiger partial charge in [-0.1, -0.05) is 6.07 Å². The Morgan fingerprint density at radius 1 is 1.36 bits per heavy atom. The molecule has 78 valence electrons. The topological polar surface area (TPSA) is 46.2 Å². The molecule has 0 amide bonds. The van der Waals surface area contributed by atoms with Gasteiger partial charge in [-0.3, -0.25) is 0 Å². The molecule has 0 aliphatic heterocycles. The molecule has 0 radical (unpaired) electrons. The molecule has 0 fully saturated rings. The molecule has 0 bridgehead atoms. The number of hydrogen-bond acceptors (Lipinski definition) is 2. The monoisotopic (exact) mass is 205 g/mol. The lowest BCUT2D eigenvalue weighted by atomic mass is 10.1. The number of phenolic OH excluding ortho intramolecular Hbond substituents is 1. The van der Waals surface area contributed by atoms with Gasteiger partial charge in [0.2, 0.25) is 0 Å². The number of nitrogens with two attached hydrogens (primary N) is 1. The van der Waals surface area contributed by atoms with Gasteiger partial charge in [0.15, 0.2) is 0 Å². The Bertz CT molecular complexity index is 333. The van der Waals surface area contributed by atoms with Crippen LogP contribution in [0.1, 0.15) is 24.1 Å². The zero-order chi connectivity index (χ0) is 10.9. The molecular weight excluding hydrogens is 195 g/mol. The number of phenols is 1. The van der Waals surface area contributed by atoms with Gasteiger partial charge in [-0.15, -0.1) is 0 Å². The number of rotatable bonds is 1. The van der Waals surface area contributed by atoms with E-state index in [1.54, 1.807) is 6.92 Å². The Balaban J connectivity index is 3.13. The third kappa shape index (κ3) is 2.17. The summed E-state index contributed by atoms with van der Waals surface area (Å²) in [5.74, 6) is -0.421. The fourth-order valence-corrected chi connectivity index (χ4v) is 1.11. The lowest BCUT2D eigenvalue weighted by Crippen LogP contribution is -2.08. The third-order valence-electron chi connectivity index (χ3n) is 1.85. The fourth-order valence-electron chi connectivity index (χ4n) is 1.11. The molecule has 0 aliphatic carbocycles. The second-order valence-corrected chi connectivity index (χ2v) is 3.06. The van der Waals surface area contributed by atoms with E-state index in [4.69, 9.17) is 5.73 Å². The van der Waals surface area contributed by atoms with E-state index in [0.717, 1.165) is 6.07 Å². The largest absolute Gasteiger partial charge is 0.508 e. The van der Waals surface area contributed by atoms with Crippen molar-refractivity contribution in [1.82, 2.24) is 0 Å². The quantitative estimate of drug-likeness (QED) is 0.739. The highest BCUT2D eigenvalue weighted by Gasteiger charge is 2.31. The molecule has 14 heavy (non-hydrogen) atoms. The average Bonchev–Trinajstić information content (AvgIpc) is 2.01. The first kappa shape index (κ1) is 10.8. The van der Waals surface area contributed by atoms with E-state index in [0.29, 0.717) is 11.6 Å². The minimum atomic E-state index is -4.44. The van der Waals surface area contributed by atoms with Gasteiger partial charge in [-0.25, -0.2) is 0 Å². The molecule has 1 aromatic rings. The van der Waals surface area contributed by atoms with Gasteiger partial charge in [-0.2, -0.15) is 13.2 Å². The molecule has 3 N–H and O–H groups in total. The summed E-state index contributed by atoms with van der Waals surface area (Å²) in [4.78, 5) is 0. The number of halogens is 3. The Morgan fingerprint density at radius 3 is 2.29 bits per heavy atom. The lowest BCUT2D eigenvalue weighted by molar-refractivity contribution is -0.137. The minimum Gasteiger partial charge on any atom is -0.508 e. The highest BCUT2D eigenvalue weighted by molar-refractivity contribution is 5.39. The molecule has 0 aliphatic rings. The lowest BCUT2D eigenvalue weighted by Gasteiger charge is -2.11. The van der Waals surface area contributed by atoms with Crippen LogP contribution in [-0.2, 0) is 6.18 Å². The molecule has 0 unspecified atom stereocenters. The van der Waals surface area contributed by atoms with E-state index in [2.05, 4.69) is 0 Å². The number of hydrogen-bond donors (Lipinski definition) is 2. The second kappa shape index (κ2) is 3.49. The third-order valence-corrected chi connectivity index (χ3v) is 1.85. The number of alkyl halides is 3. The molecule has 1 aromatic carbocycles. The molecule has 0 saturated carbocycles. The van der Waals surface area contributed by atoms with Gasteiger partial charge in [-0.05, 0) is 19.1 Å². The van der Waals surface area contributed by atoms with Crippen LogP contribution in [0, 0.1) is 0 Å². The van der Waals surface area contributed by atoms with Gasteiger partial charge in [0.05, 0.1) is 5.56 Å². The van der Waals surface area contributed by atoms with Crippen LogP contribution in [0.25, 0.3) is 0 Å². The van der Waals surface area contributed by atoms with Crippen LogP contribution in [0.4, 0.5) is 13.2 Å². The Morgan fingerprint density at radius 2 is 1.93 bits per heavy atom. The van der Waals surface area contributed by atoms with Crippen LogP contribution >= 0.6 is 0 Å². The molecule has 0 aromatic heterocycles. The van der Waals surface area contributed by atoms with Gasteiger partial charge in [0.1, 0.15) is 5.75 Å². The maximum Gasteiger partial charge on any atom is 0.416 e. The Hall–Kier alpha value is -1.23. The predicted molar refractivity (Wildman–Crippen MR) is 45.7 cm³/mol. The van der Waals surface area contributed by atoms with Crippen molar-refractivity contribution in [3.8, 4) is 5.75 Å². The molecule has 1 rings (SSSR count). The normalized spacial score (nSPS) is 14.1. The van der Waals surface area contributed by atoms with E-state index >= 15 is 0 Å². The molecule has 0 spiro atoms. The molecule has 5 heteroatoms. The molecule has 1 atom stereocenters. The summed E-state index contributed by atoms with van der Waals surface area (Å²) in [6.07, 6.45) is -4.44. The molecule has 0 saturated heterocycles. The van der Waals surface area contributed by atoms with Crippen molar-refractivity contribution in [3.05, 3.63) is 29.3 Å². The first-order valence-corrected chi connectivity index (χ1v) is 3.98. The Labute approximate surface area is 79.2 Å². The zero-order valence-electron chi connectivity index (χ0n) is 7.47. The second-order valence-electron chi connectivity index (χ2n) is 3.06. The summed E-state index contributed by atoms with van der Waals surface area (Å²) >= 11 is 0. The van der Waals surface area contributed by atoms with Crippen LogP contribution in [0.5, 0.6) is 5.75 Å². The van der Waals surface area contributed by atoms with E-state index in [-0.39, 0.29) is 0 Å². The Kier molecular flexibility index (Phi) is 2.71. The average molecular weight is 205 g/mol. The van der Waals surface area contributed by atoms with E-state index in [1.165, 1.54) is 6.07 Å². The maximum absolute atomic E-state index is 12.2. The van der Waals surface area contributed by atoms with Crippen LogP contribution in [0.15, 0.2) is 18.2 Å². The van der Waals surface area contributed by atoms with Gasteiger partial charge in [0.25, 0.3) is 0 Å². The van der Waals surface area contributed by atoms with Crippen LogP contribution in [-0.4, -0.2) is 5.11 Å². The summed E-state index contributed by atoms with van der Waals surface area (Å²) in [6, 6.07) is 2.28. The molecular formula is C9H10F3NO. The number of aromatic hydroxyl groups is 1. The highest BCUT2D eigenvalue weighted by Crippen LogP contribution is 2.33. The van der Waals surface area contributed by atoms with Crippen molar-refractivity contribution in [3.63, 3.8) is 0 Å². The number of benzene rings is 1. The van der Waals surface area contributed by atoms with Crippen molar-refractivity contribution in [2.24, 2.45) is 5.73 Å². The van der Waals surface area contributed by atoms with Crippen LogP contribution in [0.3, 0.4) is 0 Å². The minimum absolute atomic E-state index is 0.304. The van der Waals surface area contributed by atoms with Crippen molar-refractivity contribution < 1.29 is 18.3 Å². The van der Waals surface area contributed by atoms with Crippen molar-refractivity contribution in [1.29, 1.82) is 0 Å². The van der Waals surface area contributed by atoms with Gasteiger partial charge >= 0.3 is 6.18 Å².